The molecule has 2 heterocycles. The molecule has 1 aromatic heterocycles. The molecule has 5 heteroatoms. The van der Waals surface area contributed by atoms with Gasteiger partial charge in [-0.3, -0.25) is 0 Å². The van der Waals surface area contributed by atoms with Crippen LogP contribution in [0, 0.1) is 5.92 Å². The van der Waals surface area contributed by atoms with Gasteiger partial charge in [0.05, 0.1) is 6.61 Å². The molecule has 4 nitrogen and oxygen atoms in total. The van der Waals surface area contributed by atoms with Crippen LogP contribution in [0.25, 0.3) is 0 Å². The molecule has 0 bridgehead atoms. The lowest BCUT2D eigenvalue weighted by Crippen LogP contribution is -2.20. The third-order valence-corrected chi connectivity index (χ3v) is 4.65. The van der Waals surface area contributed by atoms with Gasteiger partial charge in [-0.15, -0.1) is 11.3 Å². The van der Waals surface area contributed by atoms with Crippen molar-refractivity contribution in [2.45, 2.75) is 26.3 Å². The van der Waals surface area contributed by atoms with Crippen LogP contribution in [0.3, 0.4) is 0 Å². The molecule has 0 aromatic carbocycles. The predicted octanol–water partition coefficient (Wildman–Crippen LogP) is 2.29. The summed E-state index contributed by atoms with van der Waals surface area (Å²) in [6.45, 7) is 8.37. The van der Waals surface area contributed by atoms with E-state index in [0.717, 1.165) is 31.4 Å². The topological polar surface area (TPSA) is 37.4 Å². The molecule has 0 aliphatic carbocycles. The third-order valence-electron chi connectivity index (χ3n) is 3.41. The summed E-state index contributed by atoms with van der Waals surface area (Å²) in [5, 5.41) is 4.59. The van der Waals surface area contributed by atoms with Gasteiger partial charge in [-0.25, -0.2) is 4.98 Å². The summed E-state index contributed by atoms with van der Waals surface area (Å²) in [4.78, 5) is 8.27. The molecular weight excluding hydrogens is 246 g/mol. The number of anilines is 1. The first-order valence-electron chi connectivity index (χ1n) is 6.67. The lowest BCUT2D eigenvalue weighted by Gasteiger charge is -2.14. The van der Waals surface area contributed by atoms with Crippen molar-refractivity contribution in [3.63, 3.8) is 0 Å². The first-order valence-corrected chi connectivity index (χ1v) is 7.49. The Morgan fingerprint density at radius 3 is 3.22 bits per heavy atom. The molecule has 0 spiro atoms. The summed E-state index contributed by atoms with van der Waals surface area (Å²) in [6, 6.07) is 0.402. The predicted molar refractivity (Wildman–Crippen MR) is 76.4 cm³/mol. The van der Waals surface area contributed by atoms with Gasteiger partial charge in [-0.2, -0.15) is 0 Å². The molecule has 1 saturated heterocycles. The first-order chi connectivity index (χ1) is 8.74. The summed E-state index contributed by atoms with van der Waals surface area (Å²) in [6.07, 6.45) is 3.22. The smallest absolute Gasteiger partial charge is 0.185 e. The summed E-state index contributed by atoms with van der Waals surface area (Å²) in [5.41, 5.74) is 0. The molecule has 1 aliphatic rings. The van der Waals surface area contributed by atoms with E-state index < -0.39 is 0 Å². The second kappa shape index (κ2) is 6.50. The maximum Gasteiger partial charge on any atom is 0.185 e. The lowest BCUT2D eigenvalue weighted by atomic mass is 10.1. The van der Waals surface area contributed by atoms with E-state index in [1.165, 1.54) is 11.3 Å². The monoisotopic (exact) mass is 269 g/mol. The van der Waals surface area contributed by atoms with Crippen LogP contribution in [0.2, 0.25) is 0 Å². The maximum absolute atomic E-state index is 5.23. The second-order valence-electron chi connectivity index (χ2n) is 4.88. The Kier molecular flexibility index (Phi) is 4.97. The van der Waals surface area contributed by atoms with Crippen molar-refractivity contribution in [1.29, 1.82) is 0 Å². The molecule has 1 aliphatic heterocycles. The highest BCUT2D eigenvalue weighted by Gasteiger charge is 2.24. The molecule has 1 fully saturated rings. The summed E-state index contributed by atoms with van der Waals surface area (Å²) < 4.78 is 5.23. The largest absolute Gasteiger partial charge is 0.384 e. The number of methoxy groups -OCH3 is 1. The molecule has 2 atom stereocenters. The van der Waals surface area contributed by atoms with Gasteiger partial charge in [0, 0.05) is 43.2 Å². The molecule has 0 radical (unpaired) electrons. The molecule has 2 rings (SSSR count). The molecule has 18 heavy (non-hydrogen) atoms. The Hall–Kier alpha value is -0.650. The van der Waals surface area contributed by atoms with E-state index >= 15 is 0 Å². The van der Waals surface area contributed by atoms with E-state index in [0.29, 0.717) is 12.0 Å². The highest BCUT2D eigenvalue weighted by Crippen LogP contribution is 2.30. The Balaban J connectivity index is 1.94. The van der Waals surface area contributed by atoms with Gasteiger partial charge in [-0.1, -0.05) is 6.92 Å². The van der Waals surface area contributed by atoms with Crippen molar-refractivity contribution in [1.82, 2.24) is 10.3 Å². The second-order valence-corrected chi connectivity index (χ2v) is 5.92. The van der Waals surface area contributed by atoms with Crippen LogP contribution in [0.4, 0.5) is 5.13 Å². The fourth-order valence-electron chi connectivity index (χ4n) is 2.41. The number of aromatic nitrogens is 1. The minimum Gasteiger partial charge on any atom is -0.384 e. The fourth-order valence-corrected chi connectivity index (χ4v) is 3.38. The highest BCUT2D eigenvalue weighted by molar-refractivity contribution is 7.15. The van der Waals surface area contributed by atoms with Crippen molar-refractivity contribution in [2.24, 2.45) is 5.92 Å². The number of hydrogen-bond donors (Lipinski definition) is 1. The quantitative estimate of drug-likeness (QED) is 0.860. The average molecular weight is 269 g/mol. The van der Waals surface area contributed by atoms with Crippen LogP contribution < -0.4 is 10.2 Å². The van der Waals surface area contributed by atoms with E-state index in [9.17, 15) is 0 Å². The van der Waals surface area contributed by atoms with E-state index in [-0.39, 0.29) is 0 Å². The summed E-state index contributed by atoms with van der Waals surface area (Å²) >= 11 is 1.81. The Labute approximate surface area is 113 Å². The van der Waals surface area contributed by atoms with Gasteiger partial charge in [0.15, 0.2) is 5.13 Å². The van der Waals surface area contributed by atoms with Gasteiger partial charge in [0.1, 0.15) is 0 Å². The molecule has 0 amide bonds. The van der Waals surface area contributed by atoms with Crippen LogP contribution in [0.15, 0.2) is 6.20 Å². The number of rotatable bonds is 6. The van der Waals surface area contributed by atoms with Crippen molar-refractivity contribution >= 4 is 16.5 Å². The van der Waals surface area contributed by atoms with Crippen molar-refractivity contribution in [3.05, 3.63) is 11.1 Å². The average Bonchev–Trinajstić information content (AvgIpc) is 2.97. The van der Waals surface area contributed by atoms with Gasteiger partial charge < -0.3 is 15.0 Å². The molecule has 102 valence electrons. The summed E-state index contributed by atoms with van der Waals surface area (Å²) in [5.74, 6) is 0.661. The number of ether oxygens (including phenoxy) is 1. The van der Waals surface area contributed by atoms with Gasteiger partial charge in [0.2, 0.25) is 0 Å². The zero-order valence-electron chi connectivity index (χ0n) is 11.5. The van der Waals surface area contributed by atoms with E-state index in [1.807, 2.05) is 17.5 Å². The van der Waals surface area contributed by atoms with Crippen molar-refractivity contribution < 1.29 is 4.74 Å². The van der Waals surface area contributed by atoms with Crippen LogP contribution in [0.1, 0.15) is 31.2 Å². The number of thiazole rings is 1. The molecule has 1 aromatic rings. The zero-order valence-corrected chi connectivity index (χ0v) is 12.3. The summed E-state index contributed by atoms with van der Waals surface area (Å²) in [7, 11) is 1.78. The van der Waals surface area contributed by atoms with Crippen LogP contribution in [-0.4, -0.2) is 38.3 Å². The van der Waals surface area contributed by atoms with Crippen LogP contribution >= 0.6 is 11.3 Å². The molecule has 0 saturated carbocycles. The van der Waals surface area contributed by atoms with Gasteiger partial charge in [-0.05, 0) is 19.9 Å². The zero-order chi connectivity index (χ0) is 13.0. The highest BCUT2D eigenvalue weighted by atomic mass is 32.1. The molecule has 2 unspecified atom stereocenters. The third kappa shape index (κ3) is 3.22. The Morgan fingerprint density at radius 2 is 2.50 bits per heavy atom. The molecule has 1 N–H and O–H groups in total. The maximum atomic E-state index is 5.23. The van der Waals surface area contributed by atoms with Crippen LogP contribution in [-0.2, 0) is 4.74 Å². The SMILES string of the molecule is CCNC(C)c1cnc(N2CCC(COC)C2)s1. The van der Waals surface area contributed by atoms with E-state index in [4.69, 9.17) is 4.74 Å². The van der Waals surface area contributed by atoms with Gasteiger partial charge in [0.25, 0.3) is 0 Å². The fraction of sp³-hybridized carbons (Fsp3) is 0.769. The minimum absolute atomic E-state index is 0.402. The van der Waals surface area contributed by atoms with Crippen LogP contribution in [0.5, 0.6) is 0 Å². The first kappa shape index (κ1) is 13.8. The normalized spacial score (nSPS) is 21.5. The minimum atomic E-state index is 0.402. The van der Waals surface area contributed by atoms with Crippen molar-refractivity contribution in [3.8, 4) is 0 Å². The van der Waals surface area contributed by atoms with Gasteiger partial charge >= 0.3 is 0 Å². The Morgan fingerprint density at radius 1 is 1.67 bits per heavy atom. The molecular formula is C13H23N3OS. The number of hydrogen-bond acceptors (Lipinski definition) is 5. The number of nitrogens with one attached hydrogen (secondary N) is 1. The Bertz CT molecular complexity index is 369. The number of nitrogens with zero attached hydrogens (tertiary/aromatic N) is 2. The standard InChI is InChI=1S/C13H23N3OS/c1-4-14-10(2)12-7-15-13(18-12)16-6-5-11(8-16)9-17-3/h7,10-11,14H,4-6,8-9H2,1-3H3. The van der Waals surface area contributed by atoms with Crippen molar-refractivity contribution in [2.75, 3.05) is 38.3 Å². The lowest BCUT2D eigenvalue weighted by molar-refractivity contribution is 0.161. The van der Waals surface area contributed by atoms with E-state index in [1.54, 1.807) is 7.11 Å². The van der Waals surface area contributed by atoms with E-state index in [2.05, 4.69) is 29.0 Å².